The van der Waals surface area contributed by atoms with Crippen LogP contribution in [-0.2, 0) is 15.8 Å². The van der Waals surface area contributed by atoms with E-state index in [1.807, 2.05) is 0 Å². The second-order valence-electron chi connectivity index (χ2n) is 10.9. The SMILES string of the molecule is N=C1N[C@H]2[C@H](CN3C(=O)CCC3=O)NC(=N)N3CC(NC(=O)c4ccc(-c5ccccc5C(F)(F)F)cc4)C(O)(O)[C@]23N1. The number of alkyl halides is 3. The summed E-state index contributed by atoms with van der Waals surface area (Å²) in [6.45, 7) is -0.479. The molecule has 1 spiro atoms. The normalized spacial score (nSPS) is 27.8. The molecular formula is C27H27F3N8O5. The number of carbonyl (C=O) groups is 3. The molecule has 2 aromatic carbocycles. The molecule has 1 unspecified atom stereocenters. The van der Waals surface area contributed by atoms with E-state index in [2.05, 4.69) is 21.3 Å². The fraction of sp³-hybridized carbons (Fsp3) is 0.370. The van der Waals surface area contributed by atoms with Crippen LogP contribution in [0.2, 0.25) is 0 Å². The van der Waals surface area contributed by atoms with Crippen LogP contribution in [0.4, 0.5) is 13.2 Å². The first-order chi connectivity index (χ1) is 20.2. The number of hydrogen-bond donors (Lipinski definition) is 8. The maximum Gasteiger partial charge on any atom is 0.417 e. The van der Waals surface area contributed by atoms with Crippen LogP contribution in [0, 0.1) is 10.8 Å². The lowest BCUT2D eigenvalue weighted by Crippen LogP contribution is -2.81. The van der Waals surface area contributed by atoms with Crippen molar-refractivity contribution in [2.24, 2.45) is 0 Å². The minimum atomic E-state index is -4.58. The standard InChI is InChI=1S/C27H27F3N8O5/c28-27(29,30)16-4-2-1-3-15(16)13-5-7-14(8-6-13)22(41)34-18-12-38-24(32)33-17(11-37-19(39)9-10-20(37)40)21-25(38,26(18,42)43)36-23(31)35-21/h1-8,17-18,21,42-43H,9-12H2,(H2,32,33)(H,34,41)(H3,31,35,36)/t17-,18?,21-,25-/m0/s1. The molecule has 0 saturated carbocycles. The number of halogens is 3. The summed E-state index contributed by atoms with van der Waals surface area (Å²) in [4.78, 5) is 40.0. The van der Waals surface area contributed by atoms with E-state index in [1.165, 1.54) is 47.4 Å². The lowest BCUT2D eigenvalue weighted by molar-refractivity contribution is -0.232. The summed E-state index contributed by atoms with van der Waals surface area (Å²) in [7, 11) is 0. The van der Waals surface area contributed by atoms with Crippen molar-refractivity contribution in [2.45, 2.75) is 48.6 Å². The zero-order valence-electron chi connectivity index (χ0n) is 22.3. The third kappa shape index (κ3) is 4.36. The molecule has 0 radical (unpaired) electrons. The van der Waals surface area contributed by atoms with E-state index in [1.54, 1.807) is 0 Å². The third-order valence-corrected chi connectivity index (χ3v) is 8.43. The van der Waals surface area contributed by atoms with Crippen molar-refractivity contribution in [1.29, 1.82) is 10.8 Å². The number of amides is 3. The monoisotopic (exact) mass is 600 g/mol. The molecule has 4 fully saturated rings. The molecule has 16 heteroatoms. The zero-order chi connectivity index (χ0) is 30.9. The lowest BCUT2D eigenvalue weighted by Gasteiger charge is -2.51. The van der Waals surface area contributed by atoms with Crippen LogP contribution in [-0.4, -0.2) is 92.3 Å². The van der Waals surface area contributed by atoms with Gasteiger partial charge in [-0.3, -0.25) is 30.1 Å². The van der Waals surface area contributed by atoms with E-state index in [0.717, 1.165) is 11.0 Å². The summed E-state index contributed by atoms with van der Waals surface area (Å²) < 4.78 is 40.4. The van der Waals surface area contributed by atoms with E-state index < -0.39 is 59.0 Å². The number of hydrogen-bond acceptors (Lipinski definition) is 7. The highest BCUT2D eigenvalue weighted by atomic mass is 19.4. The molecule has 226 valence electrons. The van der Waals surface area contributed by atoms with Crippen molar-refractivity contribution >= 4 is 29.6 Å². The molecule has 0 aromatic heterocycles. The van der Waals surface area contributed by atoms with Crippen molar-refractivity contribution in [2.75, 3.05) is 13.1 Å². The Labute approximate surface area is 242 Å². The largest absolute Gasteiger partial charge is 0.417 e. The van der Waals surface area contributed by atoms with E-state index >= 15 is 0 Å². The molecule has 8 N–H and O–H groups in total. The Morgan fingerprint density at radius 3 is 2.33 bits per heavy atom. The van der Waals surface area contributed by atoms with Crippen LogP contribution in [0.25, 0.3) is 11.1 Å². The van der Waals surface area contributed by atoms with Gasteiger partial charge in [0, 0.05) is 24.9 Å². The molecule has 4 atom stereocenters. The number of benzene rings is 2. The minimum absolute atomic E-state index is 0.0327. The van der Waals surface area contributed by atoms with Crippen LogP contribution in [0.3, 0.4) is 0 Å². The Balaban J connectivity index is 1.24. The molecule has 6 rings (SSSR count). The highest BCUT2D eigenvalue weighted by molar-refractivity contribution is 6.02. The number of nitrogens with one attached hydrogen (secondary N) is 6. The average Bonchev–Trinajstić information content (AvgIpc) is 3.55. The molecule has 0 aliphatic carbocycles. The van der Waals surface area contributed by atoms with Gasteiger partial charge >= 0.3 is 6.18 Å². The van der Waals surface area contributed by atoms with Gasteiger partial charge in [0.05, 0.1) is 24.2 Å². The number of nitrogens with zero attached hydrogens (tertiary/aromatic N) is 2. The summed E-state index contributed by atoms with van der Waals surface area (Å²) in [5, 5.41) is 50.8. The Morgan fingerprint density at radius 1 is 1.02 bits per heavy atom. The summed E-state index contributed by atoms with van der Waals surface area (Å²) in [6.07, 6.45) is -4.49. The molecule has 4 saturated heterocycles. The number of guanidine groups is 2. The molecule has 4 aliphatic heterocycles. The van der Waals surface area contributed by atoms with Gasteiger partial charge in [0.15, 0.2) is 17.6 Å². The maximum absolute atomic E-state index is 13.5. The van der Waals surface area contributed by atoms with Crippen LogP contribution in [0.15, 0.2) is 48.5 Å². The molecular weight excluding hydrogens is 573 g/mol. The van der Waals surface area contributed by atoms with Gasteiger partial charge in [0.25, 0.3) is 5.91 Å². The summed E-state index contributed by atoms with van der Waals surface area (Å²) in [5.74, 6) is -4.95. The van der Waals surface area contributed by atoms with Gasteiger partial charge in [-0.15, -0.1) is 0 Å². The number of rotatable bonds is 5. The van der Waals surface area contributed by atoms with E-state index in [-0.39, 0.29) is 54.5 Å². The molecule has 43 heavy (non-hydrogen) atoms. The first-order valence-corrected chi connectivity index (χ1v) is 13.4. The first kappa shape index (κ1) is 28.4. The molecule has 2 aromatic rings. The van der Waals surface area contributed by atoms with Gasteiger partial charge in [0.2, 0.25) is 17.6 Å². The molecule has 0 bridgehead atoms. The van der Waals surface area contributed by atoms with E-state index in [0.29, 0.717) is 0 Å². The molecule has 13 nitrogen and oxygen atoms in total. The first-order valence-electron chi connectivity index (χ1n) is 13.4. The molecule has 3 amide bonds. The number of imide groups is 1. The number of carbonyl (C=O) groups excluding carboxylic acids is 3. The number of aliphatic hydroxyl groups is 2. The topological polar surface area (TPSA) is 194 Å². The van der Waals surface area contributed by atoms with Gasteiger partial charge in [-0.1, -0.05) is 30.3 Å². The Bertz CT molecular complexity index is 1530. The van der Waals surface area contributed by atoms with Gasteiger partial charge in [-0.2, -0.15) is 13.2 Å². The average molecular weight is 601 g/mol. The third-order valence-electron chi connectivity index (χ3n) is 8.43. The fourth-order valence-corrected chi connectivity index (χ4v) is 6.38. The smallest absolute Gasteiger partial charge is 0.361 e. The van der Waals surface area contributed by atoms with E-state index in [9.17, 15) is 37.8 Å². The van der Waals surface area contributed by atoms with Gasteiger partial charge < -0.3 is 36.4 Å². The van der Waals surface area contributed by atoms with Crippen LogP contribution in [0.1, 0.15) is 28.8 Å². The highest BCUT2D eigenvalue weighted by Gasteiger charge is 2.74. The predicted molar refractivity (Wildman–Crippen MR) is 143 cm³/mol. The van der Waals surface area contributed by atoms with Crippen molar-refractivity contribution in [3.05, 3.63) is 59.7 Å². The summed E-state index contributed by atoms with van der Waals surface area (Å²) in [5.41, 5.74) is -2.57. The van der Waals surface area contributed by atoms with Gasteiger partial charge in [-0.25, -0.2) is 0 Å². The van der Waals surface area contributed by atoms with Crippen molar-refractivity contribution in [1.82, 2.24) is 31.1 Å². The molecule has 4 aliphatic rings. The van der Waals surface area contributed by atoms with E-state index in [4.69, 9.17) is 10.8 Å². The van der Waals surface area contributed by atoms with Crippen molar-refractivity contribution in [3.8, 4) is 11.1 Å². The van der Waals surface area contributed by atoms with Crippen molar-refractivity contribution < 1.29 is 37.8 Å². The molecule has 4 heterocycles. The predicted octanol–water partition coefficient (Wildman–Crippen LogP) is -0.285. The van der Waals surface area contributed by atoms with Crippen LogP contribution < -0.4 is 21.3 Å². The number of likely N-dealkylation sites (tertiary alicyclic amines) is 1. The lowest BCUT2D eigenvalue weighted by atomic mass is 9.84. The van der Waals surface area contributed by atoms with Gasteiger partial charge in [-0.05, 0) is 29.3 Å². The van der Waals surface area contributed by atoms with Crippen LogP contribution in [0.5, 0.6) is 0 Å². The Kier molecular flexibility index (Phi) is 6.39. The summed E-state index contributed by atoms with van der Waals surface area (Å²) >= 11 is 0. The Hall–Kier alpha value is -4.70. The second-order valence-corrected chi connectivity index (χ2v) is 10.9. The minimum Gasteiger partial charge on any atom is -0.361 e. The fourth-order valence-electron chi connectivity index (χ4n) is 6.38. The Morgan fingerprint density at radius 2 is 1.67 bits per heavy atom. The van der Waals surface area contributed by atoms with Crippen molar-refractivity contribution in [3.63, 3.8) is 0 Å². The quantitative estimate of drug-likeness (QED) is 0.168. The maximum atomic E-state index is 13.5. The second kappa shape index (κ2) is 9.67. The van der Waals surface area contributed by atoms with Crippen LogP contribution >= 0.6 is 0 Å². The van der Waals surface area contributed by atoms with Gasteiger partial charge in [0.1, 0.15) is 6.04 Å². The zero-order valence-corrected chi connectivity index (χ0v) is 22.3. The summed E-state index contributed by atoms with van der Waals surface area (Å²) in [6, 6.07) is 7.01. The highest BCUT2D eigenvalue weighted by Crippen LogP contribution is 2.43.